The van der Waals surface area contributed by atoms with Crippen molar-refractivity contribution < 1.29 is 32.7 Å². The summed E-state index contributed by atoms with van der Waals surface area (Å²) >= 11 is 0. The molecule has 5 nitrogen and oxygen atoms in total. The van der Waals surface area contributed by atoms with Crippen LogP contribution in [0.5, 0.6) is 0 Å². The Morgan fingerprint density at radius 3 is 2.64 bits per heavy atom. The molecule has 0 unspecified atom stereocenters. The molecule has 1 amide bonds. The van der Waals surface area contributed by atoms with E-state index in [9.17, 15) is 32.7 Å². The van der Waals surface area contributed by atoms with Crippen LogP contribution in [0.1, 0.15) is 36.8 Å². The number of Topliss-reactive ketones (excluding diaryl/α,β-unsaturated/α-hetero) is 1. The van der Waals surface area contributed by atoms with E-state index in [4.69, 9.17) is 0 Å². The van der Waals surface area contributed by atoms with Crippen LogP contribution in [0.15, 0.2) is 24.3 Å². The van der Waals surface area contributed by atoms with Crippen LogP contribution in [-0.4, -0.2) is 28.8 Å². The number of amides is 1. The molecule has 1 saturated carbocycles. The zero-order valence-corrected chi connectivity index (χ0v) is 13.3. The fourth-order valence-corrected chi connectivity index (χ4v) is 2.99. The van der Waals surface area contributed by atoms with Crippen molar-refractivity contribution in [3.05, 3.63) is 35.4 Å². The number of ketones is 1. The maximum atomic E-state index is 12.7. The highest BCUT2D eigenvalue weighted by molar-refractivity contribution is 5.86. The number of aliphatic carboxylic acids is 1. The van der Waals surface area contributed by atoms with Gasteiger partial charge in [-0.3, -0.25) is 9.59 Å². The summed E-state index contributed by atoms with van der Waals surface area (Å²) in [5.74, 6) is -2.49. The summed E-state index contributed by atoms with van der Waals surface area (Å²) in [4.78, 5) is 35.0. The molecule has 1 aliphatic rings. The minimum atomic E-state index is -4.52. The average Bonchev–Trinajstić information content (AvgIpc) is 2.51. The van der Waals surface area contributed by atoms with E-state index in [1.807, 2.05) is 0 Å². The topological polar surface area (TPSA) is 83.5 Å². The molecule has 8 heteroatoms. The predicted octanol–water partition coefficient (Wildman–Crippen LogP) is 2.58. The summed E-state index contributed by atoms with van der Waals surface area (Å²) in [6, 6.07) is 3.10. The van der Waals surface area contributed by atoms with Gasteiger partial charge in [0.2, 0.25) is 5.91 Å². The monoisotopic (exact) mass is 357 g/mol. The highest BCUT2D eigenvalue weighted by atomic mass is 19.4. The molecule has 1 aromatic rings. The summed E-state index contributed by atoms with van der Waals surface area (Å²) in [6.07, 6.45) is -3.32. The van der Waals surface area contributed by atoms with Crippen molar-refractivity contribution in [2.75, 3.05) is 0 Å². The van der Waals surface area contributed by atoms with Gasteiger partial charge >= 0.3 is 12.1 Å². The molecule has 0 aromatic heterocycles. The van der Waals surface area contributed by atoms with Crippen molar-refractivity contribution in [1.29, 1.82) is 0 Å². The third-order valence-corrected chi connectivity index (χ3v) is 4.19. The molecule has 0 radical (unpaired) electrons. The lowest BCUT2D eigenvalue weighted by atomic mass is 9.83. The van der Waals surface area contributed by atoms with E-state index < -0.39 is 35.6 Å². The number of nitrogens with one attached hydrogen (secondary N) is 1. The molecular formula is C17H18F3NO4. The van der Waals surface area contributed by atoms with Gasteiger partial charge < -0.3 is 10.4 Å². The maximum absolute atomic E-state index is 12.7. The number of hydrogen-bond donors (Lipinski definition) is 2. The number of alkyl halides is 3. The summed E-state index contributed by atoms with van der Waals surface area (Å²) < 4.78 is 38.1. The van der Waals surface area contributed by atoms with Crippen molar-refractivity contribution in [2.45, 2.75) is 44.3 Å². The second kappa shape index (κ2) is 7.67. The molecule has 1 aromatic carbocycles. The average molecular weight is 357 g/mol. The molecule has 2 atom stereocenters. The SMILES string of the molecule is O=C1CCC[C@H]([C@@H](NC(=O)Cc2cccc(C(F)(F)F)c2)C(=O)O)C1. The molecule has 0 heterocycles. The normalized spacial score (nSPS) is 19.3. The summed E-state index contributed by atoms with van der Waals surface area (Å²) in [5, 5.41) is 11.6. The van der Waals surface area contributed by atoms with Crippen LogP contribution in [-0.2, 0) is 27.0 Å². The lowest BCUT2D eigenvalue weighted by Gasteiger charge is -2.27. The van der Waals surface area contributed by atoms with Gasteiger partial charge in [-0.25, -0.2) is 4.79 Å². The minimum absolute atomic E-state index is 0.0466. The number of benzene rings is 1. The van der Waals surface area contributed by atoms with Crippen LogP contribution in [0.25, 0.3) is 0 Å². The zero-order valence-electron chi connectivity index (χ0n) is 13.3. The van der Waals surface area contributed by atoms with Gasteiger partial charge in [0.1, 0.15) is 11.8 Å². The highest BCUT2D eigenvalue weighted by Gasteiger charge is 2.34. The molecule has 0 saturated heterocycles. The molecular weight excluding hydrogens is 339 g/mol. The second-order valence-electron chi connectivity index (χ2n) is 6.15. The molecule has 1 aliphatic carbocycles. The molecule has 2 N–H and O–H groups in total. The van der Waals surface area contributed by atoms with E-state index in [0.717, 1.165) is 12.1 Å². The van der Waals surface area contributed by atoms with Crippen LogP contribution in [0.2, 0.25) is 0 Å². The Morgan fingerprint density at radius 1 is 1.32 bits per heavy atom. The van der Waals surface area contributed by atoms with Gasteiger partial charge in [0.15, 0.2) is 0 Å². The van der Waals surface area contributed by atoms with Crippen molar-refractivity contribution in [1.82, 2.24) is 5.32 Å². The fraction of sp³-hybridized carbons (Fsp3) is 0.471. The van der Waals surface area contributed by atoms with Gasteiger partial charge in [0.25, 0.3) is 0 Å². The number of carbonyl (C=O) groups is 3. The van der Waals surface area contributed by atoms with Crippen molar-refractivity contribution in [3.8, 4) is 0 Å². The Morgan fingerprint density at radius 2 is 2.04 bits per heavy atom. The highest BCUT2D eigenvalue weighted by Crippen LogP contribution is 2.29. The molecule has 0 aliphatic heterocycles. The first-order valence-corrected chi connectivity index (χ1v) is 7.87. The van der Waals surface area contributed by atoms with Gasteiger partial charge in [-0.05, 0) is 30.4 Å². The number of halogens is 3. The van der Waals surface area contributed by atoms with E-state index >= 15 is 0 Å². The Labute approximate surface area is 142 Å². The quantitative estimate of drug-likeness (QED) is 0.848. The van der Waals surface area contributed by atoms with Gasteiger partial charge in [0, 0.05) is 12.8 Å². The number of hydrogen-bond acceptors (Lipinski definition) is 3. The lowest BCUT2D eigenvalue weighted by molar-refractivity contribution is -0.144. The van der Waals surface area contributed by atoms with Gasteiger partial charge in [-0.2, -0.15) is 13.2 Å². The van der Waals surface area contributed by atoms with Crippen molar-refractivity contribution in [2.24, 2.45) is 5.92 Å². The molecule has 136 valence electrons. The second-order valence-corrected chi connectivity index (χ2v) is 6.15. The fourth-order valence-electron chi connectivity index (χ4n) is 2.99. The number of carboxylic acids is 1. The predicted molar refractivity (Wildman–Crippen MR) is 81.7 cm³/mol. The number of carbonyl (C=O) groups excluding carboxylic acids is 2. The molecule has 2 rings (SSSR count). The van der Waals surface area contributed by atoms with Crippen molar-refractivity contribution in [3.63, 3.8) is 0 Å². The van der Waals surface area contributed by atoms with E-state index in [1.54, 1.807) is 0 Å². The third-order valence-electron chi connectivity index (χ3n) is 4.19. The van der Waals surface area contributed by atoms with Crippen LogP contribution >= 0.6 is 0 Å². The number of rotatable bonds is 5. The van der Waals surface area contributed by atoms with E-state index in [2.05, 4.69) is 5.32 Å². The van der Waals surface area contributed by atoms with Crippen LogP contribution in [0, 0.1) is 5.92 Å². The molecule has 25 heavy (non-hydrogen) atoms. The zero-order chi connectivity index (χ0) is 18.6. The first-order valence-electron chi connectivity index (χ1n) is 7.87. The first-order chi connectivity index (χ1) is 11.7. The van der Waals surface area contributed by atoms with E-state index in [1.165, 1.54) is 12.1 Å². The van der Waals surface area contributed by atoms with Crippen LogP contribution in [0.3, 0.4) is 0 Å². The van der Waals surface area contributed by atoms with Crippen LogP contribution in [0.4, 0.5) is 13.2 Å². The van der Waals surface area contributed by atoms with Gasteiger partial charge in [-0.1, -0.05) is 18.2 Å². The van der Waals surface area contributed by atoms with Crippen molar-refractivity contribution >= 4 is 17.7 Å². The Bertz CT molecular complexity index is 672. The Balaban J connectivity index is 2.04. The smallest absolute Gasteiger partial charge is 0.416 e. The number of carboxylic acid groups (broad SMARTS) is 1. The van der Waals surface area contributed by atoms with E-state index in [0.29, 0.717) is 19.3 Å². The van der Waals surface area contributed by atoms with Crippen LogP contribution < -0.4 is 5.32 Å². The standard InChI is InChI=1S/C17H18F3NO4/c18-17(19,20)12-5-1-3-10(7-12)8-14(23)21-15(16(24)25)11-4-2-6-13(22)9-11/h1,3,5,7,11,15H,2,4,6,8-9H2,(H,21,23)(H,24,25)/t11-,15+/m0/s1. The Hall–Kier alpha value is -2.38. The largest absolute Gasteiger partial charge is 0.480 e. The first kappa shape index (κ1) is 19.0. The summed E-state index contributed by atoms with van der Waals surface area (Å²) in [6.45, 7) is 0. The van der Waals surface area contributed by atoms with Gasteiger partial charge in [-0.15, -0.1) is 0 Å². The maximum Gasteiger partial charge on any atom is 0.416 e. The summed E-state index contributed by atoms with van der Waals surface area (Å²) in [5.41, 5.74) is -0.735. The molecule has 0 bridgehead atoms. The minimum Gasteiger partial charge on any atom is -0.480 e. The third kappa shape index (κ3) is 5.30. The molecule has 0 spiro atoms. The lowest BCUT2D eigenvalue weighted by Crippen LogP contribution is -2.47. The molecule has 1 fully saturated rings. The van der Waals surface area contributed by atoms with E-state index in [-0.39, 0.29) is 24.2 Å². The Kier molecular flexibility index (Phi) is 5.81. The van der Waals surface area contributed by atoms with Gasteiger partial charge in [0.05, 0.1) is 12.0 Å². The summed E-state index contributed by atoms with van der Waals surface area (Å²) in [7, 11) is 0.